The van der Waals surface area contributed by atoms with Crippen LogP contribution in [0.3, 0.4) is 0 Å². The highest BCUT2D eigenvalue weighted by atomic mass is 15.4. The maximum Gasteiger partial charge on any atom is 0.0507 e. The lowest BCUT2D eigenvalue weighted by molar-refractivity contribution is 0.220. The van der Waals surface area contributed by atoms with Crippen molar-refractivity contribution in [1.29, 1.82) is 0 Å². The predicted octanol–water partition coefficient (Wildman–Crippen LogP) is 0.745. The Bertz CT molecular complexity index is 102. The molecule has 0 aromatic heterocycles. The van der Waals surface area contributed by atoms with E-state index >= 15 is 0 Å². The van der Waals surface area contributed by atoms with Crippen LogP contribution in [0.1, 0.15) is 19.3 Å². The highest BCUT2D eigenvalue weighted by Gasteiger charge is 2.20. The van der Waals surface area contributed by atoms with Crippen molar-refractivity contribution in [1.82, 2.24) is 9.80 Å². The number of rotatable bonds is 0. The molecule has 0 aliphatic carbocycles. The molecule has 2 fully saturated rings. The highest BCUT2D eigenvalue weighted by molar-refractivity contribution is 4.73. The van der Waals surface area contributed by atoms with E-state index in [0.717, 1.165) is 0 Å². The Labute approximate surface area is 62.8 Å². The van der Waals surface area contributed by atoms with Gasteiger partial charge in [-0.05, 0) is 25.9 Å². The summed E-state index contributed by atoms with van der Waals surface area (Å²) in [4.78, 5) is 5.14. The first-order valence-corrected chi connectivity index (χ1v) is 4.40. The average molecular weight is 140 g/mol. The van der Waals surface area contributed by atoms with Crippen molar-refractivity contribution < 1.29 is 0 Å². The molecule has 2 rings (SSSR count). The molecule has 0 saturated carbocycles. The molecular weight excluding hydrogens is 124 g/mol. The minimum absolute atomic E-state index is 1.25. The Balaban J connectivity index is 1.91. The zero-order valence-electron chi connectivity index (χ0n) is 6.55. The summed E-state index contributed by atoms with van der Waals surface area (Å²) in [6.45, 7) is 6.58. The molecule has 0 spiro atoms. The molecule has 10 heavy (non-hydrogen) atoms. The molecule has 2 atom stereocenters. The summed E-state index contributed by atoms with van der Waals surface area (Å²) >= 11 is 0. The van der Waals surface area contributed by atoms with Crippen LogP contribution in [0.15, 0.2) is 0 Å². The van der Waals surface area contributed by atoms with Crippen LogP contribution < -0.4 is 0 Å². The summed E-state index contributed by atoms with van der Waals surface area (Å²) in [6, 6.07) is 0. The van der Waals surface area contributed by atoms with Crippen LogP contribution in [0.25, 0.3) is 0 Å². The molecule has 2 heteroatoms. The summed E-state index contributed by atoms with van der Waals surface area (Å²) in [5.41, 5.74) is 0. The molecule has 2 nitrogen and oxygen atoms in total. The third-order valence-corrected chi connectivity index (χ3v) is 2.58. The second kappa shape index (κ2) is 2.89. The van der Waals surface area contributed by atoms with Gasteiger partial charge >= 0.3 is 0 Å². The maximum absolute atomic E-state index is 2.57. The van der Waals surface area contributed by atoms with Gasteiger partial charge in [0.05, 0.1) is 6.67 Å². The quantitative estimate of drug-likeness (QED) is 0.490. The molecule has 0 aromatic rings. The minimum Gasteiger partial charge on any atom is -0.289 e. The Hall–Kier alpha value is -0.0800. The maximum atomic E-state index is 2.57. The monoisotopic (exact) mass is 140 g/mol. The van der Waals surface area contributed by atoms with Crippen LogP contribution in [0, 0.1) is 0 Å². The van der Waals surface area contributed by atoms with Gasteiger partial charge in [0.2, 0.25) is 0 Å². The molecule has 2 saturated heterocycles. The summed E-state index contributed by atoms with van der Waals surface area (Å²) in [6.07, 6.45) is 4.29. The van der Waals surface area contributed by atoms with E-state index in [-0.39, 0.29) is 0 Å². The fourth-order valence-electron chi connectivity index (χ4n) is 1.92. The molecule has 0 radical (unpaired) electrons. The Morgan fingerprint density at radius 3 is 1.80 bits per heavy atom. The normalized spacial score (nSPS) is 40.8. The summed E-state index contributed by atoms with van der Waals surface area (Å²) in [5, 5.41) is 0. The van der Waals surface area contributed by atoms with Crippen molar-refractivity contribution in [3.8, 4) is 0 Å². The molecule has 0 N–H and O–H groups in total. The summed E-state index contributed by atoms with van der Waals surface area (Å²) in [7, 11) is 0. The standard InChI is InChI=1S/C8H16N2/c1-2-4-9-6-7-10(8-9)5-3-1/h1-8H2. The van der Waals surface area contributed by atoms with E-state index in [9.17, 15) is 0 Å². The molecule has 2 aliphatic rings. The van der Waals surface area contributed by atoms with E-state index in [2.05, 4.69) is 9.80 Å². The van der Waals surface area contributed by atoms with Gasteiger partial charge in [-0.3, -0.25) is 9.80 Å². The van der Waals surface area contributed by atoms with Crippen LogP contribution in [-0.2, 0) is 0 Å². The van der Waals surface area contributed by atoms with Gasteiger partial charge in [0.15, 0.2) is 0 Å². The predicted molar refractivity (Wildman–Crippen MR) is 41.9 cm³/mol. The van der Waals surface area contributed by atoms with Gasteiger partial charge in [0.1, 0.15) is 0 Å². The molecular formula is C8H16N2. The Kier molecular flexibility index (Phi) is 1.91. The number of hydrogen-bond acceptors (Lipinski definition) is 2. The highest BCUT2D eigenvalue weighted by Crippen LogP contribution is 2.11. The van der Waals surface area contributed by atoms with Crippen molar-refractivity contribution in [2.75, 3.05) is 32.8 Å². The van der Waals surface area contributed by atoms with Gasteiger partial charge in [-0.15, -0.1) is 0 Å². The fraction of sp³-hybridized carbons (Fsp3) is 1.00. The van der Waals surface area contributed by atoms with E-state index in [0.29, 0.717) is 0 Å². The minimum atomic E-state index is 1.25. The lowest BCUT2D eigenvalue weighted by Crippen LogP contribution is -2.29. The molecule has 2 heterocycles. The summed E-state index contributed by atoms with van der Waals surface area (Å²) in [5.74, 6) is 0. The van der Waals surface area contributed by atoms with E-state index in [1.807, 2.05) is 0 Å². The van der Waals surface area contributed by atoms with Gasteiger partial charge in [-0.2, -0.15) is 0 Å². The topological polar surface area (TPSA) is 6.48 Å². The number of hydrogen-bond donors (Lipinski definition) is 0. The first-order valence-electron chi connectivity index (χ1n) is 4.40. The second-order valence-electron chi connectivity index (χ2n) is 3.44. The van der Waals surface area contributed by atoms with Gasteiger partial charge in [-0.1, -0.05) is 6.42 Å². The van der Waals surface area contributed by atoms with Crippen molar-refractivity contribution >= 4 is 0 Å². The molecule has 0 aromatic carbocycles. The molecule has 2 aliphatic heterocycles. The fourth-order valence-corrected chi connectivity index (χ4v) is 1.92. The zero-order valence-corrected chi connectivity index (χ0v) is 6.55. The average Bonchev–Trinajstić information content (AvgIpc) is 2.30. The molecule has 2 unspecified atom stereocenters. The van der Waals surface area contributed by atoms with Crippen LogP contribution in [0.5, 0.6) is 0 Å². The van der Waals surface area contributed by atoms with Crippen molar-refractivity contribution in [2.24, 2.45) is 0 Å². The van der Waals surface area contributed by atoms with Crippen LogP contribution >= 0.6 is 0 Å². The Morgan fingerprint density at radius 1 is 0.600 bits per heavy atom. The van der Waals surface area contributed by atoms with E-state index in [1.54, 1.807) is 0 Å². The SMILES string of the molecule is C1CCN2CCN(CC1)C2. The lowest BCUT2D eigenvalue weighted by atomic mass is 10.2. The van der Waals surface area contributed by atoms with E-state index < -0.39 is 0 Å². The lowest BCUT2D eigenvalue weighted by Gasteiger charge is -2.20. The molecule has 58 valence electrons. The van der Waals surface area contributed by atoms with Gasteiger partial charge in [0, 0.05) is 13.1 Å². The van der Waals surface area contributed by atoms with Gasteiger partial charge < -0.3 is 0 Å². The first kappa shape index (κ1) is 6.62. The van der Waals surface area contributed by atoms with E-state index in [4.69, 9.17) is 0 Å². The largest absolute Gasteiger partial charge is 0.289 e. The van der Waals surface area contributed by atoms with Crippen molar-refractivity contribution in [3.05, 3.63) is 0 Å². The summed E-state index contributed by atoms with van der Waals surface area (Å²) < 4.78 is 0. The Morgan fingerprint density at radius 2 is 1.20 bits per heavy atom. The third kappa shape index (κ3) is 1.32. The van der Waals surface area contributed by atoms with Crippen LogP contribution in [0.4, 0.5) is 0 Å². The second-order valence-corrected chi connectivity index (χ2v) is 3.44. The van der Waals surface area contributed by atoms with Gasteiger partial charge in [0.25, 0.3) is 0 Å². The molecule has 0 amide bonds. The van der Waals surface area contributed by atoms with Crippen molar-refractivity contribution in [2.45, 2.75) is 19.3 Å². The van der Waals surface area contributed by atoms with Crippen molar-refractivity contribution in [3.63, 3.8) is 0 Å². The van der Waals surface area contributed by atoms with Gasteiger partial charge in [-0.25, -0.2) is 0 Å². The number of fused-ring (bicyclic) bond motifs is 2. The molecule has 2 bridgehead atoms. The number of nitrogens with zero attached hydrogens (tertiary/aromatic N) is 2. The van der Waals surface area contributed by atoms with Crippen LogP contribution in [-0.4, -0.2) is 42.6 Å². The smallest absolute Gasteiger partial charge is 0.0507 e. The van der Waals surface area contributed by atoms with Crippen LogP contribution in [0.2, 0.25) is 0 Å². The zero-order chi connectivity index (χ0) is 6.81. The first-order chi connectivity index (χ1) is 4.95. The third-order valence-electron chi connectivity index (χ3n) is 2.58. The van der Waals surface area contributed by atoms with E-state index in [1.165, 1.54) is 52.1 Å².